The van der Waals surface area contributed by atoms with Crippen molar-refractivity contribution in [3.63, 3.8) is 0 Å². The highest BCUT2D eigenvalue weighted by molar-refractivity contribution is 8.71. The van der Waals surface area contributed by atoms with Crippen molar-refractivity contribution in [1.29, 1.82) is 0 Å². The van der Waals surface area contributed by atoms with Gasteiger partial charge in [-0.15, -0.1) is 10.1 Å². The summed E-state index contributed by atoms with van der Waals surface area (Å²) in [4.78, 5) is 38.5. The van der Waals surface area contributed by atoms with Crippen LogP contribution in [0.4, 0.5) is 5.69 Å². The summed E-state index contributed by atoms with van der Waals surface area (Å²) in [6.45, 7) is 1.46. The van der Waals surface area contributed by atoms with E-state index in [1.165, 1.54) is 12.1 Å². The van der Waals surface area contributed by atoms with Gasteiger partial charge in [-0.2, -0.15) is 0 Å². The van der Waals surface area contributed by atoms with Crippen molar-refractivity contribution in [2.75, 3.05) is 23.9 Å². The van der Waals surface area contributed by atoms with Crippen molar-refractivity contribution in [2.45, 2.75) is 25.9 Å². The van der Waals surface area contributed by atoms with Crippen molar-refractivity contribution in [3.8, 4) is 5.75 Å². The number of amides is 1. The molecule has 1 unspecified atom stereocenters. The number of hydrogen-bond acceptors (Lipinski definition) is 10. The molecule has 0 aliphatic rings. The molecule has 0 saturated heterocycles. The minimum atomic E-state index is -3.24. The number of nitrogens with zero attached hydrogens (tertiary/aromatic N) is 1. The zero-order chi connectivity index (χ0) is 21.3. The predicted molar refractivity (Wildman–Crippen MR) is 101 cm³/mol. The van der Waals surface area contributed by atoms with Gasteiger partial charge in [0.25, 0.3) is 5.09 Å². The first kappa shape index (κ1) is 23.5. The first-order valence-corrected chi connectivity index (χ1v) is 11.4. The number of hydrogen-bond donors (Lipinski definition) is 2. The van der Waals surface area contributed by atoms with E-state index in [1.807, 2.05) is 0 Å². The Morgan fingerprint density at radius 2 is 2.07 bits per heavy atom. The first-order valence-electron chi connectivity index (χ1n) is 7.97. The number of anilines is 1. The first-order chi connectivity index (χ1) is 13.0. The molecule has 0 fully saturated rings. The summed E-state index contributed by atoms with van der Waals surface area (Å²) < 4.78 is 26.8. The van der Waals surface area contributed by atoms with Crippen LogP contribution in [0.3, 0.4) is 0 Å². The van der Waals surface area contributed by atoms with Crippen LogP contribution in [0.5, 0.6) is 5.75 Å². The lowest BCUT2D eigenvalue weighted by atomic mass is 10.1. The Bertz CT molecular complexity index is 827. The molecule has 13 heteroatoms. The van der Waals surface area contributed by atoms with Gasteiger partial charge < -0.3 is 20.0 Å². The van der Waals surface area contributed by atoms with E-state index in [2.05, 4.69) is 10.2 Å². The number of carbonyl (C=O) groups is 2. The highest BCUT2D eigenvalue weighted by atomic mass is 33.1. The molecule has 0 radical (unpaired) electrons. The zero-order valence-electron chi connectivity index (χ0n) is 15.1. The van der Waals surface area contributed by atoms with Gasteiger partial charge in [-0.05, 0) is 29.3 Å². The third-order valence-corrected chi connectivity index (χ3v) is 5.76. The normalized spacial score (nSPS) is 12.1. The van der Waals surface area contributed by atoms with Crippen LogP contribution in [-0.4, -0.2) is 55.2 Å². The molecule has 2 N–H and O–H groups in total. The fourth-order valence-electron chi connectivity index (χ4n) is 1.98. The van der Waals surface area contributed by atoms with E-state index >= 15 is 0 Å². The fraction of sp³-hybridized carbons (Fsp3) is 0.467. The van der Waals surface area contributed by atoms with Gasteiger partial charge in [0.1, 0.15) is 24.0 Å². The third-order valence-electron chi connectivity index (χ3n) is 3.22. The Kier molecular flexibility index (Phi) is 8.99. The molecule has 11 nitrogen and oxygen atoms in total. The summed E-state index contributed by atoms with van der Waals surface area (Å²) in [5, 5.41) is 21.7. The Morgan fingerprint density at radius 1 is 1.39 bits per heavy atom. The highest BCUT2D eigenvalue weighted by Crippen LogP contribution is 2.23. The average Bonchev–Trinajstić information content (AvgIpc) is 2.56. The Hall–Kier alpha value is -2.54. The molecular formula is C15H20N2O9S2. The van der Waals surface area contributed by atoms with E-state index in [1.54, 1.807) is 6.92 Å². The van der Waals surface area contributed by atoms with Crippen LogP contribution in [-0.2, 0) is 23.2 Å². The third kappa shape index (κ3) is 8.90. The molecule has 0 spiro atoms. The minimum absolute atomic E-state index is 0.0459. The standard InChI is InChI=1S/C15H20N2O9S2/c1-3-11(26-17(21)22)9-14(19)16-10-4-5-12(13(18)8-10)15(20)25-6-7-27-28(2,23)24/h4-5,8,11,18H,3,6-7,9H2,1-2H3,(H,16,19). The van der Waals surface area contributed by atoms with Crippen LogP contribution < -0.4 is 5.32 Å². The van der Waals surface area contributed by atoms with Gasteiger partial charge in [0.05, 0.1) is 6.42 Å². The minimum Gasteiger partial charge on any atom is -0.507 e. The summed E-state index contributed by atoms with van der Waals surface area (Å²) in [7, 11) is -2.61. The number of phenols is 1. The molecule has 156 valence electrons. The molecule has 1 rings (SSSR count). The van der Waals surface area contributed by atoms with Crippen molar-refractivity contribution >= 4 is 37.2 Å². The molecule has 1 atom stereocenters. The molecule has 0 aliphatic carbocycles. The number of nitrogens with one attached hydrogen (secondary N) is 1. The predicted octanol–water partition coefficient (Wildman–Crippen LogP) is 1.56. The lowest BCUT2D eigenvalue weighted by Gasteiger charge is -2.13. The summed E-state index contributed by atoms with van der Waals surface area (Å²) in [5.41, 5.74) is 0.00751. The zero-order valence-corrected chi connectivity index (χ0v) is 16.7. The van der Waals surface area contributed by atoms with Crippen molar-refractivity contribution in [1.82, 2.24) is 0 Å². The maximum Gasteiger partial charge on any atom is 0.341 e. The van der Waals surface area contributed by atoms with E-state index in [-0.39, 0.29) is 36.5 Å². The molecular weight excluding hydrogens is 416 g/mol. The van der Waals surface area contributed by atoms with Crippen molar-refractivity contribution in [2.24, 2.45) is 0 Å². The van der Waals surface area contributed by atoms with Crippen LogP contribution in [0, 0.1) is 10.1 Å². The van der Waals surface area contributed by atoms with E-state index in [0.29, 0.717) is 10.8 Å². The van der Waals surface area contributed by atoms with Gasteiger partial charge in [-0.1, -0.05) is 6.92 Å². The average molecular weight is 436 g/mol. The van der Waals surface area contributed by atoms with Gasteiger partial charge in [0.2, 0.25) is 5.91 Å². The smallest absolute Gasteiger partial charge is 0.341 e. The SMILES string of the molecule is CCC(CC(=O)Nc1ccc(C(=O)OCCSS(C)(=O)=O)c(O)c1)O[N+](=O)[O-]. The fourth-order valence-corrected chi connectivity index (χ4v) is 3.54. The number of phenolic OH excluding ortho intramolecular Hbond substituents is 1. The molecule has 0 aliphatic heterocycles. The second-order valence-corrected chi connectivity index (χ2v) is 10.1. The Morgan fingerprint density at radius 3 is 2.61 bits per heavy atom. The largest absolute Gasteiger partial charge is 0.507 e. The Balaban J connectivity index is 2.62. The maximum absolute atomic E-state index is 11.9. The van der Waals surface area contributed by atoms with E-state index in [9.17, 15) is 33.2 Å². The molecule has 0 heterocycles. The van der Waals surface area contributed by atoms with E-state index < -0.39 is 37.7 Å². The lowest BCUT2D eigenvalue weighted by molar-refractivity contribution is -0.768. The molecule has 0 bridgehead atoms. The van der Waals surface area contributed by atoms with Gasteiger partial charge in [0, 0.05) is 23.8 Å². The van der Waals surface area contributed by atoms with Crippen molar-refractivity contribution < 1.29 is 37.8 Å². The highest BCUT2D eigenvalue weighted by Gasteiger charge is 2.18. The number of benzene rings is 1. The van der Waals surface area contributed by atoms with Crippen molar-refractivity contribution in [3.05, 3.63) is 33.9 Å². The topological polar surface area (TPSA) is 162 Å². The van der Waals surface area contributed by atoms with Gasteiger partial charge in [-0.25, -0.2) is 13.2 Å². The molecule has 0 saturated carbocycles. The second-order valence-electron chi connectivity index (χ2n) is 5.51. The number of rotatable bonds is 11. The van der Waals surface area contributed by atoms with Crippen LogP contribution in [0.2, 0.25) is 0 Å². The van der Waals surface area contributed by atoms with Gasteiger partial charge >= 0.3 is 5.97 Å². The molecule has 1 aromatic rings. The van der Waals surface area contributed by atoms with E-state index in [4.69, 9.17) is 4.74 Å². The van der Waals surface area contributed by atoms with Gasteiger partial charge in [-0.3, -0.25) is 4.79 Å². The van der Waals surface area contributed by atoms with Crippen LogP contribution in [0.1, 0.15) is 30.1 Å². The maximum atomic E-state index is 11.9. The lowest BCUT2D eigenvalue weighted by Crippen LogP contribution is -2.24. The van der Waals surface area contributed by atoms with Crippen LogP contribution in [0.15, 0.2) is 18.2 Å². The van der Waals surface area contributed by atoms with Crippen LogP contribution in [0.25, 0.3) is 0 Å². The van der Waals surface area contributed by atoms with E-state index in [0.717, 1.165) is 12.3 Å². The number of carbonyl (C=O) groups excluding carboxylic acids is 2. The number of ether oxygens (including phenoxy) is 1. The number of esters is 1. The monoisotopic (exact) mass is 436 g/mol. The summed E-state index contributed by atoms with van der Waals surface area (Å²) in [5.74, 6) is -1.83. The van der Waals surface area contributed by atoms with Gasteiger partial charge in [0.15, 0.2) is 8.87 Å². The molecule has 1 aromatic carbocycles. The number of aromatic hydroxyl groups is 1. The Labute approximate surface area is 164 Å². The molecule has 28 heavy (non-hydrogen) atoms. The quantitative estimate of drug-likeness (QED) is 0.171. The molecule has 0 aromatic heterocycles. The second kappa shape index (κ2) is 10.7. The summed E-state index contributed by atoms with van der Waals surface area (Å²) in [6.07, 6.45) is 0.120. The van der Waals surface area contributed by atoms with Crippen LogP contribution >= 0.6 is 10.8 Å². The summed E-state index contributed by atoms with van der Waals surface area (Å²) in [6, 6.07) is 3.69. The summed E-state index contributed by atoms with van der Waals surface area (Å²) >= 11 is 0. The molecule has 1 amide bonds.